The summed E-state index contributed by atoms with van der Waals surface area (Å²) in [5, 5.41) is 2.82. The summed E-state index contributed by atoms with van der Waals surface area (Å²) in [6.07, 6.45) is 2.62. The quantitative estimate of drug-likeness (QED) is 0.810. The number of hydrogen-bond donors (Lipinski definition) is 1. The van der Waals surface area contributed by atoms with Crippen molar-refractivity contribution in [2.24, 2.45) is 4.99 Å². The Bertz CT molecular complexity index is 671. The lowest BCUT2D eigenvalue weighted by Gasteiger charge is -2.09. The smallest absolute Gasteiger partial charge is 0.286 e. The Morgan fingerprint density at radius 2 is 2.27 bits per heavy atom. The Kier molecular flexibility index (Phi) is 5.79. The van der Waals surface area contributed by atoms with Crippen LogP contribution >= 0.6 is 27.7 Å². The van der Waals surface area contributed by atoms with Crippen LogP contribution in [0.25, 0.3) is 6.08 Å². The number of benzene rings is 1. The number of halogens is 1. The van der Waals surface area contributed by atoms with Crippen molar-refractivity contribution in [1.82, 2.24) is 5.32 Å². The van der Waals surface area contributed by atoms with E-state index in [1.54, 1.807) is 6.08 Å². The maximum Gasteiger partial charge on any atom is 0.286 e. The topological polar surface area (TPSA) is 67.8 Å². The second-order valence-corrected chi connectivity index (χ2v) is 6.49. The minimum absolute atomic E-state index is 0.255. The summed E-state index contributed by atoms with van der Waals surface area (Å²) in [4.78, 5) is 27.2. The molecule has 1 aliphatic rings. The van der Waals surface area contributed by atoms with Gasteiger partial charge >= 0.3 is 0 Å². The first-order chi connectivity index (χ1) is 10.5. The molecule has 0 radical (unpaired) electrons. The summed E-state index contributed by atoms with van der Waals surface area (Å²) in [6, 6.07) is 5.61. The van der Waals surface area contributed by atoms with Crippen LogP contribution in [0.3, 0.4) is 0 Å². The van der Waals surface area contributed by atoms with Crippen LogP contribution in [0.4, 0.5) is 0 Å². The van der Waals surface area contributed by atoms with E-state index in [4.69, 9.17) is 4.74 Å². The zero-order valence-electron chi connectivity index (χ0n) is 12.2. The lowest BCUT2D eigenvalue weighted by Crippen LogP contribution is -2.23. The molecule has 5 nitrogen and oxygen atoms in total. The number of ether oxygens (including phenoxy) is 1. The Labute approximate surface area is 141 Å². The third-order valence-electron chi connectivity index (χ3n) is 2.62. The standard InChI is InChI=1S/C15H15BrN2O3S/c1-3-6-21-12-5-4-11(16)7-10(12)8-13-14(20)18-15(22-13)17-9(2)19/h4-5,7-8H,3,6H2,1-2H3,(H,17,18,19,20). The number of carbonyl (C=O) groups is 2. The molecule has 116 valence electrons. The number of nitrogens with zero attached hydrogens (tertiary/aromatic N) is 1. The monoisotopic (exact) mass is 382 g/mol. The van der Waals surface area contributed by atoms with Gasteiger partial charge in [0.2, 0.25) is 5.91 Å². The molecule has 0 atom stereocenters. The van der Waals surface area contributed by atoms with Crippen molar-refractivity contribution in [3.63, 3.8) is 0 Å². The van der Waals surface area contributed by atoms with Gasteiger partial charge in [-0.05, 0) is 42.5 Å². The molecule has 1 aromatic rings. The number of carbonyl (C=O) groups excluding carboxylic acids is 2. The maximum atomic E-state index is 11.9. The van der Waals surface area contributed by atoms with Crippen molar-refractivity contribution in [3.05, 3.63) is 33.1 Å². The number of aliphatic imine (C=N–C) groups is 1. The Morgan fingerprint density at radius 1 is 1.50 bits per heavy atom. The minimum atomic E-state index is -0.366. The fourth-order valence-corrected chi connectivity index (χ4v) is 2.96. The molecule has 2 rings (SSSR count). The number of rotatable bonds is 4. The van der Waals surface area contributed by atoms with Gasteiger partial charge in [0.05, 0.1) is 11.5 Å². The van der Waals surface area contributed by atoms with E-state index in [-0.39, 0.29) is 11.8 Å². The first kappa shape index (κ1) is 16.8. The van der Waals surface area contributed by atoms with Crippen LogP contribution in [0.2, 0.25) is 0 Å². The lowest BCUT2D eigenvalue weighted by molar-refractivity contribution is -0.117. The Hall–Kier alpha value is -1.60. The molecule has 0 bridgehead atoms. The van der Waals surface area contributed by atoms with Crippen LogP contribution in [0.5, 0.6) is 5.75 Å². The highest BCUT2D eigenvalue weighted by Crippen LogP contribution is 2.31. The fraction of sp³-hybridized carbons (Fsp3) is 0.267. The van der Waals surface area contributed by atoms with Crippen molar-refractivity contribution >= 4 is 50.7 Å². The van der Waals surface area contributed by atoms with Crippen LogP contribution in [-0.4, -0.2) is 23.6 Å². The Balaban J connectivity index is 2.24. The zero-order valence-corrected chi connectivity index (χ0v) is 14.6. The van der Waals surface area contributed by atoms with Gasteiger partial charge in [0.25, 0.3) is 5.91 Å². The second kappa shape index (κ2) is 7.60. The third-order valence-corrected chi connectivity index (χ3v) is 4.02. The highest BCUT2D eigenvalue weighted by molar-refractivity contribution is 9.10. The van der Waals surface area contributed by atoms with E-state index in [9.17, 15) is 9.59 Å². The van der Waals surface area contributed by atoms with Gasteiger partial charge in [0.1, 0.15) is 5.75 Å². The molecule has 1 heterocycles. The van der Waals surface area contributed by atoms with E-state index in [1.165, 1.54) is 6.92 Å². The minimum Gasteiger partial charge on any atom is -0.493 e. The van der Waals surface area contributed by atoms with Gasteiger partial charge in [0, 0.05) is 17.0 Å². The van der Waals surface area contributed by atoms with Gasteiger partial charge in [-0.3, -0.25) is 9.59 Å². The number of nitrogens with one attached hydrogen (secondary N) is 1. The summed E-state index contributed by atoms with van der Waals surface area (Å²) in [6.45, 7) is 4.01. The van der Waals surface area contributed by atoms with Crippen LogP contribution in [0.1, 0.15) is 25.8 Å². The predicted octanol–water partition coefficient (Wildman–Crippen LogP) is 3.34. The van der Waals surface area contributed by atoms with E-state index in [2.05, 4.69) is 26.2 Å². The lowest BCUT2D eigenvalue weighted by atomic mass is 10.2. The maximum absolute atomic E-state index is 11.9. The van der Waals surface area contributed by atoms with Crippen LogP contribution in [0.15, 0.2) is 32.6 Å². The summed E-state index contributed by atoms with van der Waals surface area (Å²) in [7, 11) is 0. The molecule has 22 heavy (non-hydrogen) atoms. The SMILES string of the molecule is CCCOc1ccc(Br)cc1C=C1SC(NC(C)=O)=NC1=O. The molecule has 1 aromatic carbocycles. The normalized spacial score (nSPS) is 15.9. The van der Waals surface area contributed by atoms with Gasteiger partial charge < -0.3 is 10.1 Å². The van der Waals surface area contributed by atoms with Crippen molar-refractivity contribution in [1.29, 1.82) is 0 Å². The van der Waals surface area contributed by atoms with Crippen LogP contribution in [-0.2, 0) is 9.59 Å². The molecule has 1 N–H and O–H groups in total. The molecular formula is C15H15BrN2O3S. The fourth-order valence-electron chi connectivity index (χ4n) is 1.73. The van der Waals surface area contributed by atoms with Crippen molar-refractivity contribution < 1.29 is 14.3 Å². The summed E-state index contributed by atoms with van der Waals surface area (Å²) in [5.41, 5.74) is 0.790. The van der Waals surface area contributed by atoms with Crippen molar-refractivity contribution in [2.45, 2.75) is 20.3 Å². The summed E-state index contributed by atoms with van der Waals surface area (Å²) in [5.74, 6) is 0.0869. The van der Waals surface area contributed by atoms with E-state index in [0.717, 1.165) is 28.2 Å². The molecule has 2 amide bonds. The number of hydrogen-bond acceptors (Lipinski definition) is 4. The van der Waals surface area contributed by atoms with Gasteiger partial charge in [-0.2, -0.15) is 4.99 Å². The molecular weight excluding hydrogens is 368 g/mol. The molecule has 0 aromatic heterocycles. The van der Waals surface area contributed by atoms with E-state index in [1.807, 2.05) is 25.1 Å². The van der Waals surface area contributed by atoms with Crippen molar-refractivity contribution in [3.8, 4) is 5.75 Å². The predicted molar refractivity (Wildman–Crippen MR) is 91.8 cm³/mol. The molecule has 0 saturated carbocycles. The van der Waals surface area contributed by atoms with E-state index >= 15 is 0 Å². The van der Waals surface area contributed by atoms with E-state index < -0.39 is 0 Å². The van der Waals surface area contributed by atoms with Gasteiger partial charge in [0.15, 0.2) is 5.17 Å². The molecule has 0 spiro atoms. The molecule has 0 aliphatic carbocycles. The molecule has 1 aliphatic heterocycles. The highest BCUT2D eigenvalue weighted by atomic mass is 79.9. The molecule has 0 unspecified atom stereocenters. The molecule has 7 heteroatoms. The Morgan fingerprint density at radius 3 is 2.95 bits per heavy atom. The van der Waals surface area contributed by atoms with Crippen molar-refractivity contribution in [2.75, 3.05) is 6.61 Å². The molecule has 0 saturated heterocycles. The first-order valence-electron chi connectivity index (χ1n) is 6.72. The summed E-state index contributed by atoms with van der Waals surface area (Å²) < 4.78 is 6.58. The number of amides is 2. The van der Waals surface area contributed by atoms with Gasteiger partial charge in [-0.1, -0.05) is 22.9 Å². The van der Waals surface area contributed by atoms with Gasteiger partial charge in [-0.25, -0.2) is 0 Å². The second-order valence-electron chi connectivity index (χ2n) is 4.54. The molecule has 0 fully saturated rings. The zero-order chi connectivity index (χ0) is 16.1. The largest absolute Gasteiger partial charge is 0.493 e. The third kappa shape index (κ3) is 4.45. The van der Waals surface area contributed by atoms with E-state index in [0.29, 0.717) is 22.4 Å². The summed E-state index contributed by atoms with van der Waals surface area (Å²) >= 11 is 4.55. The average molecular weight is 383 g/mol. The van der Waals surface area contributed by atoms with Crippen LogP contribution in [0, 0.1) is 0 Å². The van der Waals surface area contributed by atoms with Gasteiger partial charge in [-0.15, -0.1) is 0 Å². The first-order valence-corrected chi connectivity index (χ1v) is 8.33. The van der Waals surface area contributed by atoms with Crippen LogP contribution < -0.4 is 10.1 Å². The number of amidine groups is 1. The number of thioether (sulfide) groups is 1. The highest BCUT2D eigenvalue weighted by Gasteiger charge is 2.23. The average Bonchev–Trinajstić information content (AvgIpc) is 2.77.